The second kappa shape index (κ2) is 8.30. The molecule has 2 aromatic rings. The molecule has 144 valence electrons. The largest absolute Gasteiger partial charge is 0.490 e. The van der Waals surface area contributed by atoms with Crippen LogP contribution in [0.1, 0.15) is 41.7 Å². The van der Waals surface area contributed by atoms with Crippen molar-refractivity contribution in [2.45, 2.75) is 31.8 Å². The van der Waals surface area contributed by atoms with Gasteiger partial charge in [0.05, 0.1) is 0 Å². The summed E-state index contributed by atoms with van der Waals surface area (Å²) in [6.07, 6.45) is 4.14. The van der Waals surface area contributed by atoms with Crippen LogP contribution in [0.2, 0.25) is 0 Å². The summed E-state index contributed by atoms with van der Waals surface area (Å²) in [4.78, 5) is 20.9. The van der Waals surface area contributed by atoms with Gasteiger partial charge in [-0.05, 0) is 49.2 Å². The SMILES string of the molecule is N#Cc1cccc(N2CCC(Oc3ccc(C(=O)N4CCCC4)cc3)CC2)n1. The highest BCUT2D eigenvalue weighted by molar-refractivity contribution is 5.94. The molecule has 0 radical (unpaired) electrons. The van der Waals surface area contributed by atoms with Crippen LogP contribution in [0, 0.1) is 11.3 Å². The maximum Gasteiger partial charge on any atom is 0.253 e. The number of benzene rings is 1. The summed E-state index contributed by atoms with van der Waals surface area (Å²) in [5, 5.41) is 9.01. The third-order valence-electron chi connectivity index (χ3n) is 5.41. The maximum atomic E-state index is 12.4. The molecule has 2 saturated heterocycles. The van der Waals surface area contributed by atoms with Crippen molar-refractivity contribution >= 4 is 11.7 Å². The summed E-state index contributed by atoms with van der Waals surface area (Å²) in [5.41, 5.74) is 1.17. The molecule has 0 N–H and O–H groups in total. The van der Waals surface area contributed by atoms with E-state index in [1.165, 1.54) is 0 Å². The van der Waals surface area contributed by atoms with E-state index in [1.807, 2.05) is 41.3 Å². The average molecular weight is 376 g/mol. The first-order chi connectivity index (χ1) is 13.7. The van der Waals surface area contributed by atoms with Crippen LogP contribution in [0.25, 0.3) is 0 Å². The number of aromatic nitrogens is 1. The molecule has 0 saturated carbocycles. The van der Waals surface area contributed by atoms with E-state index >= 15 is 0 Å². The number of anilines is 1. The summed E-state index contributed by atoms with van der Waals surface area (Å²) in [6, 6.07) is 15.1. The summed E-state index contributed by atoms with van der Waals surface area (Å²) in [5.74, 6) is 1.77. The van der Waals surface area contributed by atoms with Crippen LogP contribution in [0.4, 0.5) is 5.82 Å². The summed E-state index contributed by atoms with van der Waals surface area (Å²) < 4.78 is 6.12. The second-order valence-corrected chi connectivity index (χ2v) is 7.32. The van der Waals surface area contributed by atoms with E-state index in [4.69, 9.17) is 10.00 Å². The molecule has 4 rings (SSSR count). The Morgan fingerprint density at radius 2 is 1.75 bits per heavy atom. The molecule has 6 heteroatoms. The van der Waals surface area contributed by atoms with Crippen LogP contribution in [0.5, 0.6) is 5.75 Å². The van der Waals surface area contributed by atoms with Crippen LogP contribution in [-0.2, 0) is 0 Å². The van der Waals surface area contributed by atoms with E-state index in [9.17, 15) is 4.79 Å². The van der Waals surface area contributed by atoms with Crippen LogP contribution >= 0.6 is 0 Å². The monoisotopic (exact) mass is 376 g/mol. The highest BCUT2D eigenvalue weighted by Crippen LogP contribution is 2.23. The third-order valence-corrected chi connectivity index (χ3v) is 5.41. The Hall–Kier alpha value is -3.07. The van der Waals surface area contributed by atoms with Crippen molar-refractivity contribution < 1.29 is 9.53 Å². The van der Waals surface area contributed by atoms with Crippen molar-refractivity contribution in [1.82, 2.24) is 9.88 Å². The number of piperidine rings is 1. The second-order valence-electron chi connectivity index (χ2n) is 7.32. The highest BCUT2D eigenvalue weighted by atomic mass is 16.5. The number of amides is 1. The van der Waals surface area contributed by atoms with Gasteiger partial charge in [-0.2, -0.15) is 5.26 Å². The number of carbonyl (C=O) groups is 1. The molecule has 1 aromatic carbocycles. The minimum Gasteiger partial charge on any atom is -0.490 e. The third kappa shape index (κ3) is 4.09. The Morgan fingerprint density at radius 3 is 2.43 bits per heavy atom. The standard InChI is InChI=1S/C22H24N4O2/c23-16-18-4-3-5-21(24-18)25-14-10-20(11-15-25)28-19-8-6-17(7-9-19)22(27)26-12-1-2-13-26/h3-9,20H,1-2,10-15H2. The van der Waals surface area contributed by atoms with Gasteiger partial charge in [-0.25, -0.2) is 4.98 Å². The van der Waals surface area contributed by atoms with Crippen molar-refractivity contribution in [1.29, 1.82) is 5.26 Å². The van der Waals surface area contributed by atoms with Crippen LogP contribution < -0.4 is 9.64 Å². The van der Waals surface area contributed by atoms with E-state index < -0.39 is 0 Å². The van der Waals surface area contributed by atoms with E-state index in [-0.39, 0.29) is 12.0 Å². The summed E-state index contributed by atoms with van der Waals surface area (Å²) in [6.45, 7) is 3.42. The predicted octanol–water partition coefficient (Wildman–Crippen LogP) is 3.24. The lowest BCUT2D eigenvalue weighted by atomic mass is 10.1. The Morgan fingerprint density at radius 1 is 1.04 bits per heavy atom. The lowest BCUT2D eigenvalue weighted by molar-refractivity contribution is 0.0792. The van der Waals surface area contributed by atoms with Crippen LogP contribution in [-0.4, -0.2) is 48.1 Å². The van der Waals surface area contributed by atoms with Gasteiger partial charge in [0, 0.05) is 44.6 Å². The molecule has 0 aliphatic carbocycles. The van der Waals surface area contributed by atoms with Gasteiger partial charge in [-0.1, -0.05) is 6.07 Å². The Bertz CT molecular complexity index is 861. The summed E-state index contributed by atoms with van der Waals surface area (Å²) in [7, 11) is 0. The van der Waals surface area contributed by atoms with Gasteiger partial charge in [0.1, 0.15) is 29.4 Å². The molecule has 1 aromatic heterocycles. The van der Waals surface area contributed by atoms with Crippen molar-refractivity contribution in [2.75, 3.05) is 31.1 Å². The molecule has 0 spiro atoms. The van der Waals surface area contributed by atoms with Gasteiger partial charge in [0.2, 0.25) is 0 Å². The molecule has 1 amide bonds. The van der Waals surface area contributed by atoms with Crippen LogP contribution in [0.3, 0.4) is 0 Å². The first-order valence-electron chi connectivity index (χ1n) is 9.91. The van der Waals surface area contributed by atoms with Crippen LogP contribution in [0.15, 0.2) is 42.5 Å². The number of hydrogen-bond donors (Lipinski definition) is 0. The number of nitriles is 1. The topological polar surface area (TPSA) is 69.5 Å². The van der Waals surface area contributed by atoms with Gasteiger partial charge in [0.15, 0.2) is 0 Å². The average Bonchev–Trinajstić information content (AvgIpc) is 3.29. The summed E-state index contributed by atoms with van der Waals surface area (Å²) >= 11 is 0. The molecule has 28 heavy (non-hydrogen) atoms. The number of pyridine rings is 1. The quantitative estimate of drug-likeness (QED) is 0.819. The zero-order valence-electron chi connectivity index (χ0n) is 15.9. The number of carbonyl (C=O) groups excluding carboxylic acids is 1. The first kappa shape index (κ1) is 18.3. The molecule has 0 bridgehead atoms. The van der Waals surface area contributed by atoms with E-state index in [0.717, 1.165) is 69.0 Å². The first-order valence-corrected chi connectivity index (χ1v) is 9.91. The molecular weight excluding hydrogens is 352 g/mol. The predicted molar refractivity (Wildman–Crippen MR) is 106 cm³/mol. The minimum atomic E-state index is 0.115. The zero-order chi connectivity index (χ0) is 19.3. The molecule has 2 fully saturated rings. The normalized spacial score (nSPS) is 17.4. The fourth-order valence-corrected chi connectivity index (χ4v) is 3.84. The number of likely N-dealkylation sites (tertiary alicyclic amines) is 1. The van der Waals surface area contributed by atoms with E-state index in [1.54, 1.807) is 6.07 Å². The van der Waals surface area contributed by atoms with Crippen molar-refractivity contribution in [3.63, 3.8) is 0 Å². The fourth-order valence-electron chi connectivity index (χ4n) is 3.84. The van der Waals surface area contributed by atoms with E-state index in [2.05, 4.69) is 16.0 Å². The molecular formula is C22H24N4O2. The molecule has 2 aliphatic heterocycles. The molecule has 3 heterocycles. The smallest absolute Gasteiger partial charge is 0.253 e. The van der Waals surface area contributed by atoms with Gasteiger partial charge < -0.3 is 14.5 Å². The van der Waals surface area contributed by atoms with Gasteiger partial charge >= 0.3 is 0 Å². The number of ether oxygens (including phenoxy) is 1. The Labute approximate surface area is 165 Å². The van der Waals surface area contributed by atoms with Gasteiger partial charge in [-0.15, -0.1) is 0 Å². The minimum absolute atomic E-state index is 0.115. The molecule has 0 atom stereocenters. The molecule has 0 unspecified atom stereocenters. The number of rotatable bonds is 4. The lowest BCUT2D eigenvalue weighted by Crippen LogP contribution is -2.38. The van der Waals surface area contributed by atoms with Crippen molar-refractivity contribution in [3.05, 3.63) is 53.7 Å². The fraction of sp³-hybridized carbons (Fsp3) is 0.409. The zero-order valence-corrected chi connectivity index (χ0v) is 15.9. The Balaban J connectivity index is 1.31. The molecule has 2 aliphatic rings. The number of nitrogens with zero attached hydrogens (tertiary/aromatic N) is 4. The Kier molecular flexibility index (Phi) is 5.43. The van der Waals surface area contributed by atoms with E-state index in [0.29, 0.717) is 5.69 Å². The number of hydrogen-bond acceptors (Lipinski definition) is 5. The van der Waals surface area contributed by atoms with Crippen molar-refractivity contribution in [3.8, 4) is 11.8 Å². The van der Waals surface area contributed by atoms with Gasteiger partial charge in [-0.3, -0.25) is 4.79 Å². The highest BCUT2D eigenvalue weighted by Gasteiger charge is 2.22. The van der Waals surface area contributed by atoms with Crippen molar-refractivity contribution in [2.24, 2.45) is 0 Å². The lowest BCUT2D eigenvalue weighted by Gasteiger charge is -2.33. The molecule has 6 nitrogen and oxygen atoms in total. The maximum absolute atomic E-state index is 12.4. The van der Waals surface area contributed by atoms with Gasteiger partial charge in [0.25, 0.3) is 5.91 Å².